The Morgan fingerprint density at radius 3 is 2.65 bits per heavy atom. The van der Waals surface area contributed by atoms with Gasteiger partial charge in [-0.15, -0.1) is 0 Å². The van der Waals surface area contributed by atoms with Gasteiger partial charge in [0, 0.05) is 32.2 Å². The second kappa shape index (κ2) is 11.9. The Morgan fingerprint density at radius 1 is 1.35 bits per heavy atom. The molecular weight excluding hydrogens is 450 g/mol. The number of halogens is 2. The van der Waals surface area contributed by atoms with Crippen LogP contribution in [0, 0.1) is 5.92 Å². The number of ether oxygens (including phenoxy) is 1. The molecule has 1 amide bonds. The van der Waals surface area contributed by atoms with Gasteiger partial charge in [-0.1, -0.05) is 17.3 Å². The van der Waals surface area contributed by atoms with E-state index in [2.05, 4.69) is 15.5 Å². The molecule has 1 unspecified atom stereocenters. The summed E-state index contributed by atoms with van der Waals surface area (Å²) in [5.41, 5.74) is 1.34. The lowest BCUT2D eigenvalue weighted by Gasteiger charge is -2.30. The highest BCUT2D eigenvalue weighted by Crippen LogP contribution is 2.29. The van der Waals surface area contributed by atoms with Crippen LogP contribution in [-0.4, -0.2) is 71.3 Å². The van der Waals surface area contributed by atoms with E-state index in [1.54, 1.807) is 0 Å². The molecule has 9 nitrogen and oxygen atoms in total. The molecule has 2 aliphatic rings. The lowest BCUT2D eigenvalue weighted by atomic mass is 9.92. The zero-order chi connectivity index (χ0) is 24.7. The van der Waals surface area contributed by atoms with Gasteiger partial charge in [0.1, 0.15) is 0 Å². The van der Waals surface area contributed by atoms with Crippen LogP contribution in [0.1, 0.15) is 51.8 Å². The molecule has 34 heavy (non-hydrogen) atoms. The number of aliphatic hydroxyl groups excluding tert-OH is 2. The molecule has 0 bridgehead atoms. The maximum absolute atomic E-state index is 13.3. The Hall–Kier alpha value is -2.37. The first kappa shape index (κ1) is 26.2. The minimum absolute atomic E-state index is 0.0895. The number of anilines is 1. The lowest BCUT2D eigenvalue weighted by Crippen LogP contribution is -2.41. The normalized spacial score (nSPS) is 19.9. The second-order valence-electron chi connectivity index (χ2n) is 9.01. The topological polar surface area (TPSA) is 121 Å². The van der Waals surface area contributed by atoms with Gasteiger partial charge < -0.3 is 29.7 Å². The molecule has 0 spiro atoms. The molecule has 2 heterocycles. The fourth-order valence-electron chi connectivity index (χ4n) is 4.17. The number of carbonyl (C=O) groups is 1. The molecule has 1 atom stereocenters. The van der Waals surface area contributed by atoms with E-state index >= 15 is 0 Å². The van der Waals surface area contributed by atoms with Gasteiger partial charge in [-0.25, -0.2) is 0 Å². The Morgan fingerprint density at radius 2 is 2.06 bits per heavy atom. The van der Waals surface area contributed by atoms with Crippen LogP contribution in [0.15, 0.2) is 27.8 Å². The van der Waals surface area contributed by atoms with Gasteiger partial charge in [0.25, 0.3) is 5.91 Å². The summed E-state index contributed by atoms with van der Waals surface area (Å²) in [6.45, 7) is 3.94. The van der Waals surface area contributed by atoms with E-state index < -0.39 is 17.8 Å². The van der Waals surface area contributed by atoms with Crippen LogP contribution in [0.2, 0.25) is 0 Å². The zero-order valence-electron chi connectivity index (χ0n) is 19.7. The van der Waals surface area contributed by atoms with Crippen LogP contribution in [0.25, 0.3) is 0 Å². The van der Waals surface area contributed by atoms with Crippen molar-refractivity contribution < 1.29 is 33.0 Å². The summed E-state index contributed by atoms with van der Waals surface area (Å²) in [6, 6.07) is -0.519. The van der Waals surface area contributed by atoms with Gasteiger partial charge in [0.2, 0.25) is 5.82 Å². The third-order valence-corrected chi connectivity index (χ3v) is 6.22. The van der Waals surface area contributed by atoms with E-state index in [1.807, 2.05) is 24.0 Å². The van der Waals surface area contributed by atoms with Crippen LogP contribution in [0.4, 0.5) is 14.8 Å². The Balaban J connectivity index is 1.34. The molecule has 11 heteroatoms. The Bertz CT molecular complexity index is 871. The number of nitrogens with one attached hydrogen (secondary N) is 1. The van der Waals surface area contributed by atoms with Crippen molar-refractivity contribution in [2.45, 2.75) is 64.0 Å². The predicted octanol–water partition coefficient (Wildman–Crippen LogP) is 2.31. The van der Waals surface area contributed by atoms with Crippen LogP contribution < -0.4 is 10.2 Å². The van der Waals surface area contributed by atoms with Crippen molar-refractivity contribution in [3.05, 3.63) is 29.1 Å². The largest absolute Gasteiger partial charge is 0.394 e. The van der Waals surface area contributed by atoms with E-state index in [1.165, 1.54) is 0 Å². The maximum Gasteiger partial charge on any atom is 0.324 e. The Kier molecular flexibility index (Phi) is 9.15. The third-order valence-electron chi connectivity index (χ3n) is 6.22. The quantitative estimate of drug-likeness (QED) is 0.409. The highest BCUT2D eigenvalue weighted by molar-refractivity contribution is 5.98. The molecule has 1 saturated heterocycles. The first-order valence-corrected chi connectivity index (χ1v) is 11.7. The fourth-order valence-corrected chi connectivity index (χ4v) is 4.17. The number of alkyl halides is 2. The summed E-state index contributed by atoms with van der Waals surface area (Å²) in [5, 5.41) is 24.2. The average Bonchev–Trinajstić information content (AvgIpc) is 3.32. The number of piperidine rings is 1. The van der Waals surface area contributed by atoms with E-state index in [-0.39, 0.29) is 31.2 Å². The van der Waals surface area contributed by atoms with Gasteiger partial charge in [-0.3, -0.25) is 4.79 Å². The van der Waals surface area contributed by atoms with Crippen molar-refractivity contribution in [3.63, 3.8) is 0 Å². The minimum atomic E-state index is -3.11. The van der Waals surface area contributed by atoms with E-state index in [0.29, 0.717) is 37.6 Å². The molecule has 190 valence electrons. The Labute approximate surface area is 197 Å². The highest BCUT2D eigenvalue weighted by Gasteiger charge is 2.33. The third kappa shape index (κ3) is 7.07. The van der Waals surface area contributed by atoms with Crippen LogP contribution in [0.3, 0.4) is 0 Å². The summed E-state index contributed by atoms with van der Waals surface area (Å²) in [5.74, 6) is -3.49. The molecule has 1 aliphatic heterocycles. The number of nitrogens with zero attached hydrogens (tertiary/aromatic N) is 3. The molecule has 3 rings (SSSR count). The summed E-state index contributed by atoms with van der Waals surface area (Å²) in [4.78, 5) is 18.0. The molecule has 0 radical (unpaired) electrons. The van der Waals surface area contributed by atoms with E-state index in [0.717, 1.165) is 38.2 Å². The van der Waals surface area contributed by atoms with Crippen LogP contribution in [-0.2, 0) is 15.5 Å². The van der Waals surface area contributed by atoms with Crippen LogP contribution >= 0.6 is 0 Å². The number of carbonyl (C=O) groups excluding carboxylic acids is 1. The van der Waals surface area contributed by atoms with Gasteiger partial charge in [-0.2, -0.15) is 13.8 Å². The van der Waals surface area contributed by atoms with E-state index in [9.17, 15) is 13.6 Å². The molecule has 1 aliphatic carbocycles. The van der Waals surface area contributed by atoms with Crippen molar-refractivity contribution in [3.8, 4) is 0 Å². The maximum atomic E-state index is 13.3. The minimum Gasteiger partial charge on any atom is -0.394 e. The molecule has 1 aromatic heterocycles. The number of hydrogen-bond donors (Lipinski definition) is 3. The van der Waals surface area contributed by atoms with Gasteiger partial charge in [-0.05, 0) is 50.5 Å². The molecular formula is C23H34F2N4O5. The zero-order valence-corrected chi connectivity index (χ0v) is 19.7. The van der Waals surface area contributed by atoms with Crippen molar-refractivity contribution >= 4 is 11.9 Å². The molecule has 0 saturated carbocycles. The van der Waals surface area contributed by atoms with Crippen molar-refractivity contribution in [2.24, 2.45) is 5.92 Å². The molecule has 0 aromatic carbocycles. The first-order valence-electron chi connectivity index (χ1n) is 11.7. The number of aliphatic hydroxyl groups is 2. The molecule has 1 aromatic rings. The smallest absolute Gasteiger partial charge is 0.324 e. The van der Waals surface area contributed by atoms with Gasteiger partial charge in [0.05, 0.1) is 25.4 Å². The molecule has 1 fully saturated rings. The summed E-state index contributed by atoms with van der Waals surface area (Å²) in [7, 11) is 0. The van der Waals surface area contributed by atoms with Crippen molar-refractivity contribution in [1.29, 1.82) is 0 Å². The SMILES string of the molecule is CC1=CC(OCCCC2CCN(c3nc(C(C)(F)F)no3)CC2)CC=C1C(=O)NC(CO)CO. The number of hydrogen-bond acceptors (Lipinski definition) is 8. The van der Waals surface area contributed by atoms with Crippen LogP contribution in [0.5, 0.6) is 0 Å². The summed E-state index contributed by atoms with van der Waals surface area (Å²) in [6.07, 6.45) is 8.02. The van der Waals surface area contributed by atoms with Crippen molar-refractivity contribution in [2.75, 3.05) is 37.8 Å². The fraction of sp³-hybridized carbons (Fsp3) is 0.696. The second-order valence-corrected chi connectivity index (χ2v) is 9.01. The van der Waals surface area contributed by atoms with Gasteiger partial charge >= 0.3 is 11.9 Å². The monoisotopic (exact) mass is 484 g/mol. The average molecular weight is 485 g/mol. The van der Waals surface area contributed by atoms with Gasteiger partial charge in [0.15, 0.2) is 0 Å². The highest BCUT2D eigenvalue weighted by atomic mass is 19.3. The summed E-state index contributed by atoms with van der Waals surface area (Å²) < 4.78 is 37.6. The van der Waals surface area contributed by atoms with E-state index in [4.69, 9.17) is 19.5 Å². The summed E-state index contributed by atoms with van der Waals surface area (Å²) >= 11 is 0. The predicted molar refractivity (Wildman–Crippen MR) is 120 cm³/mol. The van der Waals surface area contributed by atoms with Crippen molar-refractivity contribution in [1.82, 2.24) is 15.5 Å². The first-order chi connectivity index (χ1) is 16.2. The number of rotatable bonds is 11. The number of amides is 1. The molecule has 3 N–H and O–H groups in total. The standard InChI is InChI=1S/C23H34F2N4O5/c1-15-12-18(5-6-19(15)20(32)26-17(13-30)14-31)33-11-3-4-16-7-9-29(10-8-16)22-27-21(28-34-22)23(2,24)25/h6,12,16-18,30-31H,3-5,7-11,13-14H2,1-2H3,(H,26,32). The number of aromatic nitrogens is 2. The lowest BCUT2D eigenvalue weighted by molar-refractivity contribution is -0.118.